The molecule has 0 spiro atoms. The largest absolute Gasteiger partial charge is 0.360 e. The van der Waals surface area contributed by atoms with Gasteiger partial charge in [-0.3, -0.25) is 4.79 Å². The van der Waals surface area contributed by atoms with Gasteiger partial charge in [0.2, 0.25) is 5.91 Å². The third kappa shape index (κ3) is 2.13. The summed E-state index contributed by atoms with van der Waals surface area (Å²) < 4.78 is 0. The van der Waals surface area contributed by atoms with Gasteiger partial charge in [0, 0.05) is 35.9 Å². The molecule has 0 unspecified atom stereocenters. The minimum absolute atomic E-state index is 0.0363. The zero-order valence-corrected chi connectivity index (χ0v) is 9.63. The first-order valence-electron chi connectivity index (χ1n) is 5.21. The number of benzene rings is 1. The van der Waals surface area contributed by atoms with Gasteiger partial charge in [0.05, 0.1) is 6.54 Å². The minimum atomic E-state index is 0.0363. The summed E-state index contributed by atoms with van der Waals surface area (Å²) in [6.45, 7) is 2.20. The van der Waals surface area contributed by atoms with Crippen molar-refractivity contribution in [2.75, 3.05) is 24.5 Å². The molecule has 1 amide bonds. The maximum Gasteiger partial charge on any atom is 0.239 e. The Bertz CT molecular complexity index is 408. The van der Waals surface area contributed by atoms with Crippen LogP contribution < -0.4 is 16.0 Å². The fraction of sp³-hybridized carbons (Fsp3) is 0.364. The first-order valence-corrected chi connectivity index (χ1v) is 5.59. The number of hydrogen-bond acceptors (Lipinski definition) is 3. The number of amides is 1. The van der Waals surface area contributed by atoms with E-state index >= 15 is 0 Å². The van der Waals surface area contributed by atoms with Crippen LogP contribution in [0.4, 0.5) is 5.69 Å². The van der Waals surface area contributed by atoms with Gasteiger partial charge in [-0.15, -0.1) is 0 Å². The van der Waals surface area contributed by atoms with Crippen molar-refractivity contribution in [2.45, 2.75) is 6.54 Å². The van der Waals surface area contributed by atoms with E-state index < -0.39 is 0 Å². The molecular weight excluding hydrogens is 226 g/mol. The molecule has 86 valence electrons. The van der Waals surface area contributed by atoms with Gasteiger partial charge < -0.3 is 16.0 Å². The average Bonchev–Trinajstić information content (AvgIpc) is 2.28. The third-order valence-electron chi connectivity index (χ3n) is 2.68. The predicted octanol–water partition coefficient (Wildman–Crippen LogP) is 0.735. The Morgan fingerprint density at radius 1 is 1.50 bits per heavy atom. The number of nitrogens with two attached hydrogens (primary N) is 1. The first kappa shape index (κ1) is 11.2. The zero-order valence-electron chi connectivity index (χ0n) is 8.87. The van der Waals surface area contributed by atoms with Gasteiger partial charge in [-0.2, -0.15) is 0 Å². The summed E-state index contributed by atoms with van der Waals surface area (Å²) in [4.78, 5) is 13.3. The van der Waals surface area contributed by atoms with Crippen molar-refractivity contribution in [3.8, 4) is 0 Å². The zero-order chi connectivity index (χ0) is 11.5. The molecule has 1 saturated heterocycles. The highest BCUT2D eigenvalue weighted by Gasteiger charge is 2.19. The van der Waals surface area contributed by atoms with E-state index in [2.05, 4.69) is 5.32 Å². The summed E-state index contributed by atoms with van der Waals surface area (Å²) >= 11 is 6.08. The highest BCUT2D eigenvalue weighted by molar-refractivity contribution is 6.31. The van der Waals surface area contributed by atoms with Crippen molar-refractivity contribution < 1.29 is 4.79 Å². The molecule has 5 heteroatoms. The summed E-state index contributed by atoms with van der Waals surface area (Å²) in [6.07, 6.45) is 0. The van der Waals surface area contributed by atoms with Crippen LogP contribution in [0.3, 0.4) is 0 Å². The minimum Gasteiger partial charge on any atom is -0.360 e. The van der Waals surface area contributed by atoms with E-state index in [1.165, 1.54) is 0 Å². The van der Waals surface area contributed by atoms with Gasteiger partial charge in [0.25, 0.3) is 0 Å². The molecule has 4 nitrogen and oxygen atoms in total. The molecule has 1 aliphatic rings. The second kappa shape index (κ2) is 4.72. The average molecular weight is 240 g/mol. The van der Waals surface area contributed by atoms with Gasteiger partial charge in [0.15, 0.2) is 0 Å². The van der Waals surface area contributed by atoms with Crippen LogP contribution >= 0.6 is 11.6 Å². The van der Waals surface area contributed by atoms with E-state index in [1.807, 2.05) is 23.1 Å². The topological polar surface area (TPSA) is 58.4 Å². The van der Waals surface area contributed by atoms with Crippen molar-refractivity contribution in [1.29, 1.82) is 0 Å². The van der Waals surface area contributed by atoms with Crippen LogP contribution in [0, 0.1) is 0 Å². The monoisotopic (exact) mass is 239 g/mol. The molecule has 0 radical (unpaired) electrons. The SMILES string of the molecule is NCc1c(Cl)cccc1N1CCNC(=O)C1. The van der Waals surface area contributed by atoms with E-state index in [0.29, 0.717) is 24.7 Å². The van der Waals surface area contributed by atoms with E-state index in [4.69, 9.17) is 17.3 Å². The number of piperazine rings is 1. The molecule has 2 rings (SSSR count). The molecule has 0 atom stereocenters. The Morgan fingerprint density at radius 2 is 2.31 bits per heavy atom. The summed E-state index contributed by atoms with van der Waals surface area (Å²) in [5.74, 6) is 0.0363. The van der Waals surface area contributed by atoms with Gasteiger partial charge in [-0.25, -0.2) is 0 Å². The molecule has 1 aromatic carbocycles. The van der Waals surface area contributed by atoms with E-state index in [-0.39, 0.29) is 5.91 Å². The van der Waals surface area contributed by atoms with Crippen LogP contribution in [0.15, 0.2) is 18.2 Å². The predicted molar refractivity (Wildman–Crippen MR) is 64.6 cm³/mol. The lowest BCUT2D eigenvalue weighted by Crippen LogP contribution is -2.48. The van der Waals surface area contributed by atoms with Crippen LogP contribution in [-0.2, 0) is 11.3 Å². The Balaban J connectivity index is 2.31. The van der Waals surface area contributed by atoms with Crippen LogP contribution in [0.25, 0.3) is 0 Å². The Hall–Kier alpha value is -1.26. The maximum atomic E-state index is 11.3. The van der Waals surface area contributed by atoms with Gasteiger partial charge >= 0.3 is 0 Å². The second-order valence-corrected chi connectivity index (χ2v) is 4.12. The highest BCUT2D eigenvalue weighted by Crippen LogP contribution is 2.27. The molecule has 0 bridgehead atoms. The Kier molecular flexibility index (Phi) is 3.31. The molecule has 0 saturated carbocycles. The number of carbonyl (C=O) groups is 1. The number of anilines is 1. The number of nitrogens with one attached hydrogen (secondary N) is 1. The van der Waals surface area contributed by atoms with E-state index in [9.17, 15) is 4.79 Å². The highest BCUT2D eigenvalue weighted by atomic mass is 35.5. The van der Waals surface area contributed by atoms with Crippen molar-refractivity contribution in [3.05, 3.63) is 28.8 Å². The molecule has 3 N–H and O–H groups in total. The Labute approximate surface area is 99.4 Å². The summed E-state index contributed by atoms with van der Waals surface area (Å²) in [7, 11) is 0. The molecule has 16 heavy (non-hydrogen) atoms. The number of rotatable bonds is 2. The van der Waals surface area contributed by atoms with Crippen molar-refractivity contribution >= 4 is 23.2 Å². The van der Waals surface area contributed by atoms with E-state index in [0.717, 1.165) is 17.8 Å². The fourth-order valence-electron chi connectivity index (χ4n) is 1.89. The molecular formula is C11H14ClN3O. The lowest BCUT2D eigenvalue weighted by atomic mass is 10.1. The molecule has 1 aromatic rings. The molecule has 1 aliphatic heterocycles. The lowest BCUT2D eigenvalue weighted by molar-refractivity contribution is -0.120. The molecule has 1 fully saturated rings. The standard InChI is InChI=1S/C11H14ClN3O/c12-9-2-1-3-10(8(9)6-13)15-5-4-14-11(16)7-15/h1-3H,4-7,13H2,(H,14,16). The fourth-order valence-corrected chi connectivity index (χ4v) is 2.14. The van der Waals surface area contributed by atoms with Crippen molar-refractivity contribution in [1.82, 2.24) is 5.32 Å². The van der Waals surface area contributed by atoms with Gasteiger partial charge in [-0.05, 0) is 12.1 Å². The van der Waals surface area contributed by atoms with Crippen LogP contribution in [0.2, 0.25) is 5.02 Å². The third-order valence-corrected chi connectivity index (χ3v) is 3.03. The van der Waals surface area contributed by atoms with Gasteiger partial charge in [-0.1, -0.05) is 17.7 Å². The molecule has 0 aliphatic carbocycles. The van der Waals surface area contributed by atoms with Crippen molar-refractivity contribution in [2.24, 2.45) is 5.73 Å². The summed E-state index contributed by atoms with van der Waals surface area (Å²) in [5, 5.41) is 3.45. The number of hydrogen-bond donors (Lipinski definition) is 2. The summed E-state index contributed by atoms with van der Waals surface area (Å²) in [6, 6.07) is 5.65. The number of halogens is 1. The first-order chi connectivity index (χ1) is 7.72. The summed E-state index contributed by atoms with van der Waals surface area (Å²) in [5.41, 5.74) is 7.55. The second-order valence-electron chi connectivity index (χ2n) is 3.71. The van der Waals surface area contributed by atoms with Crippen LogP contribution in [0.1, 0.15) is 5.56 Å². The number of nitrogens with zero attached hydrogens (tertiary/aromatic N) is 1. The smallest absolute Gasteiger partial charge is 0.239 e. The van der Waals surface area contributed by atoms with Gasteiger partial charge in [0.1, 0.15) is 0 Å². The number of carbonyl (C=O) groups excluding carboxylic acids is 1. The normalized spacial score (nSPS) is 16.1. The van der Waals surface area contributed by atoms with Crippen LogP contribution in [0.5, 0.6) is 0 Å². The quantitative estimate of drug-likeness (QED) is 0.800. The van der Waals surface area contributed by atoms with E-state index in [1.54, 1.807) is 0 Å². The lowest BCUT2D eigenvalue weighted by Gasteiger charge is -2.30. The molecule has 1 heterocycles. The molecule has 0 aromatic heterocycles. The van der Waals surface area contributed by atoms with Crippen LogP contribution in [-0.4, -0.2) is 25.5 Å². The Morgan fingerprint density at radius 3 is 3.00 bits per heavy atom. The maximum absolute atomic E-state index is 11.3. The van der Waals surface area contributed by atoms with Crippen molar-refractivity contribution in [3.63, 3.8) is 0 Å².